The number of aromatic nitrogens is 2. The monoisotopic (exact) mass is 274 g/mol. The number of nitrogen functional groups attached to an aromatic ring is 1. The minimum atomic E-state index is 0.0473. The molecular formula is C14H18N4O2. The molecule has 6 heteroatoms. The third-order valence-electron chi connectivity index (χ3n) is 3.76. The van der Waals surface area contributed by atoms with Crippen LogP contribution < -0.4 is 10.6 Å². The lowest BCUT2D eigenvalue weighted by Crippen LogP contribution is -2.27. The fourth-order valence-corrected chi connectivity index (χ4v) is 2.68. The Morgan fingerprint density at radius 3 is 2.50 bits per heavy atom. The van der Waals surface area contributed by atoms with Crippen LogP contribution in [0.3, 0.4) is 0 Å². The number of methoxy groups -OCH3 is 2. The van der Waals surface area contributed by atoms with Crippen LogP contribution in [0, 0.1) is 0 Å². The molecule has 1 saturated heterocycles. The Morgan fingerprint density at radius 1 is 1.15 bits per heavy atom. The summed E-state index contributed by atoms with van der Waals surface area (Å²) in [7, 11) is 3.41. The van der Waals surface area contributed by atoms with Crippen molar-refractivity contribution in [3.8, 4) is 0 Å². The molecule has 1 aromatic heterocycles. The van der Waals surface area contributed by atoms with E-state index >= 15 is 0 Å². The van der Waals surface area contributed by atoms with E-state index in [0.29, 0.717) is 5.69 Å². The lowest BCUT2D eigenvalue weighted by molar-refractivity contribution is -0.00461. The Hall–Kier alpha value is -1.92. The van der Waals surface area contributed by atoms with Crippen molar-refractivity contribution in [2.24, 2.45) is 0 Å². The van der Waals surface area contributed by atoms with Gasteiger partial charge in [0.05, 0.1) is 5.52 Å². The minimum Gasteiger partial charge on any atom is -0.399 e. The molecular weight excluding hydrogens is 256 g/mol. The van der Waals surface area contributed by atoms with E-state index in [0.717, 1.165) is 29.8 Å². The summed E-state index contributed by atoms with van der Waals surface area (Å²) in [5.74, 6) is 0.879. The van der Waals surface area contributed by atoms with Gasteiger partial charge in [0.25, 0.3) is 0 Å². The molecule has 0 spiro atoms. The molecule has 20 heavy (non-hydrogen) atoms. The van der Waals surface area contributed by atoms with Crippen molar-refractivity contribution in [1.29, 1.82) is 0 Å². The molecule has 0 aliphatic carbocycles. The highest BCUT2D eigenvalue weighted by Gasteiger charge is 2.34. The zero-order valence-electron chi connectivity index (χ0n) is 11.6. The molecule has 6 nitrogen and oxygen atoms in total. The van der Waals surface area contributed by atoms with Gasteiger partial charge in [0.1, 0.15) is 24.4 Å². The molecule has 1 aliphatic heterocycles. The molecule has 0 radical (unpaired) electrons. The second kappa shape index (κ2) is 5.22. The van der Waals surface area contributed by atoms with Crippen LogP contribution in [-0.2, 0) is 9.47 Å². The van der Waals surface area contributed by atoms with Gasteiger partial charge in [-0.05, 0) is 18.2 Å². The second-order valence-electron chi connectivity index (χ2n) is 4.93. The quantitative estimate of drug-likeness (QED) is 0.844. The number of ether oxygens (including phenoxy) is 2. The van der Waals surface area contributed by atoms with Crippen molar-refractivity contribution in [3.63, 3.8) is 0 Å². The molecule has 1 aliphatic rings. The van der Waals surface area contributed by atoms with E-state index < -0.39 is 0 Å². The van der Waals surface area contributed by atoms with Crippen molar-refractivity contribution in [2.45, 2.75) is 12.2 Å². The minimum absolute atomic E-state index is 0.0473. The normalized spacial score (nSPS) is 22.6. The van der Waals surface area contributed by atoms with Crippen LogP contribution in [0.25, 0.3) is 10.9 Å². The van der Waals surface area contributed by atoms with E-state index in [4.69, 9.17) is 15.2 Å². The van der Waals surface area contributed by atoms with Crippen LogP contribution in [-0.4, -0.2) is 49.5 Å². The third kappa shape index (κ3) is 2.17. The first-order valence-corrected chi connectivity index (χ1v) is 6.53. The number of hydrogen-bond acceptors (Lipinski definition) is 6. The molecule has 106 valence electrons. The van der Waals surface area contributed by atoms with E-state index in [-0.39, 0.29) is 12.2 Å². The number of benzene rings is 1. The highest BCUT2D eigenvalue weighted by molar-refractivity contribution is 5.91. The first-order valence-electron chi connectivity index (χ1n) is 6.53. The van der Waals surface area contributed by atoms with Gasteiger partial charge < -0.3 is 20.1 Å². The molecule has 2 heterocycles. The largest absolute Gasteiger partial charge is 0.399 e. The number of nitrogens with zero attached hydrogens (tertiary/aromatic N) is 3. The third-order valence-corrected chi connectivity index (χ3v) is 3.76. The maximum absolute atomic E-state index is 5.87. The molecule has 1 aromatic carbocycles. The molecule has 3 rings (SSSR count). The van der Waals surface area contributed by atoms with Crippen molar-refractivity contribution >= 4 is 22.4 Å². The van der Waals surface area contributed by atoms with Crippen LogP contribution >= 0.6 is 0 Å². The predicted octanol–water partition coefficient (Wildman–Crippen LogP) is 1.06. The molecule has 2 unspecified atom stereocenters. The molecule has 0 amide bonds. The predicted molar refractivity (Wildman–Crippen MR) is 77.8 cm³/mol. The maximum Gasteiger partial charge on any atom is 0.140 e. The topological polar surface area (TPSA) is 73.5 Å². The van der Waals surface area contributed by atoms with Crippen LogP contribution in [0.5, 0.6) is 0 Å². The van der Waals surface area contributed by atoms with E-state index in [9.17, 15) is 0 Å². The van der Waals surface area contributed by atoms with Crippen molar-refractivity contribution in [1.82, 2.24) is 9.97 Å². The fraction of sp³-hybridized carbons (Fsp3) is 0.429. The lowest BCUT2D eigenvalue weighted by atomic mass is 10.2. The molecule has 0 saturated carbocycles. The van der Waals surface area contributed by atoms with Gasteiger partial charge in [-0.25, -0.2) is 9.97 Å². The van der Waals surface area contributed by atoms with Gasteiger partial charge in [-0.3, -0.25) is 0 Å². The molecule has 1 fully saturated rings. The highest BCUT2D eigenvalue weighted by atomic mass is 16.5. The van der Waals surface area contributed by atoms with E-state index in [1.807, 2.05) is 18.2 Å². The van der Waals surface area contributed by atoms with Gasteiger partial charge in [-0.2, -0.15) is 0 Å². The zero-order valence-corrected chi connectivity index (χ0v) is 11.6. The summed E-state index contributed by atoms with van der Waals surface area (Å²) >= 11 is 0. The number of nitrogens with two attached hydrogens (primary N) is 1. The van der Waals surface area contributed by atoms with Crippen LogP contribution in [0.2, 0.25) is 0 Å². The summed E-state index contributed by atoms with van der Waals surface area (Å²) in [5, 5.41) is 0.958. The maximum atomic E-state index is 5.87. The van der Waals surface area contributed by atoms with Crippen LogP contribution in [0.4, 0.5) is 11.5 Å². The summed E-state index contributed by atoms with van der Waals surface area (Å²) in [6, 6.07) is 5.67. The first-order chi connectivity index (χ1) is 9.72. The van der Waals surface area contributed by atoms with Crippen LogP contribution in [0.15, 0.2) is 24.5 Å². The molecule has 2 atom stereocenters. The molecule has 2 N–H and O–H groups in total. The Morgan fingerprint density at radius 2 is 1.85 bits per heavy atom. The number of anilines is 2. The summed E-state index contributed by atoms with van der Waals surface area (Å²) in [6.07, 6.45) is 1.67. The Bertz CT molecular complexity index is 607. The van der Waals surface area contributed by atoms with Crippen molar-refractivity contribution < 1.29 is 9.47 Å². The van der Waals surface area contributed by atoms with Gasteiger partial charge in [0.15, 0.2) is 0 Å². The van der Waals surface area contributed by atoms with Crippen LogP contribution in [0.1, 0.15) is 0 Å². The number of rotatable bonds is 3. The van der Waals surface area contributed by atoms with Crippen molar-refractivity contribution in [2.75, 3.05) is 37.9 Å². The fourth-order valence-electron chi connectivity index (χ4n) is 2.68. The van der Waals surface area contributed by atoms with Gasteiger partial charge in [0, 0.05) is 38.4 Å². The highest BCUT2D eigenvalue weighted by Crippen LogP contribution is 2.28. The summed E-state index contributed by atoms with van der Waals surface area (Å²) in [6.45, 7) is 1.49. The average Bonchev–Trinajstić information content (AvgIpc) is 2.89. The average molecular weight is 274 g/mol. The summed E-state index contributed by atoms with van der Waals surface area (Å²) in [4.78, 5) is 10.9. The zero-order chi connectivity index (χ0) is 14.1. The summed E-state index contributed by atoms with van der Waals surface area (Å²) in [5.41, 5.74) is 7.47. The molecule has 0 bridgehead atoms. The van der Waals surface area contributed by atoms with Gasteiger partial charge in [-0.15, -0.1) is 0 Å². The lowest BCUT2D eigenvalue weighted by Gasteiger charge is -2.18. The number of hydrogen-bond donors (Lipinski definition) is 1. The Kier molecular flexibility index (Phi) is 3.42. The summed E-state index contributed by atoms with van der Waals surface area (Å²) < 4.78 is 10.9. The van der Waals surface area contributed by atoms with Gasteiger partial charge in [0.2, 0.25) is 0 Å². The first kappa shape index (κ1) is 13.1. The Balaban J connectivity index is 2.00. The van der Waals surface area contributed by atoms with E-state index in [1.165, 1.54) is 0 Å². The second-order valence-corrected chi connectivity index (χ2v) is 4.93. The smallest absolute Gasteiger partial charge is 0.140 e. The Labute approximate surface area is 117 Å². The molecule has 2 aromatic rings. The van der Waals surface area contributed by atoms with Gasteiger partial charge in [-0.1, -0.05) is 0 Å². The van der Waals surface area contributed by atoms with Crippen molar-refractivity contribution in [3.05, 3.63) is 24.5 Å². The number of fused-ring (bicyclic) bond motifs is 1. The standard InChI is InChI=1S/C14H18N4O2/c1-19-12-6-18(7-13(12)20-2)14-10-5-9(15)3-4-11(10)16-8-17-14/h3-5,8,12-13H,6-7,15H2,1-2H3. The van der Waals surface area contributed by atoms with E-state index in [1.54, 1.807) is 20.5 Å². The van der Waals surface area contributed by atoms with Gasteiger partial charge >= 0.3 is 0 Å². The van der Waals surface area contributed by atoms with E-state index in [2.05, 4.69) is 14.9 Å². The SMILES string of the molecule is COC1CN(c2ncnc3ccc(N)cc23)CC1OC.